The van der Waals surface area contributed by atoms with Crippen LogP contribution < -0.4 is 0 Å². The van der Waals surface area contributed by atoms with Crippen LogP contribution in [0.15, 0.2) is 12.7 Å². The normalized spacial score (nSPS) is 13.0. The molecule has 0 N–H and O–H groups in total. The SMILES string of the molecule is C=CC(=O)OC(C)CCCCCC[Si](CCC)(OC)OC. The van der Waals surface area contributed by atoms with Gasteiger partial charge in [-0.15, -0.1) is 0 Å². The summed E-state index contributed by atoms with van der Waals surface area (Å²) in [6.07, 6.45) is 7.76. The Bertz CT molecular complexity index is 290. The lowest BCUT2D eigenvalue weighted by Gasteiger charge is -2.27. The standard InChI is InChI=1S/C16H32O4Si/c1-6-13-21(18-4,19-5)14-11-9-8-10-12-15(3)20-16(17)7-2/h7,15H,2,6,8-14H2,1,3-5H3. The van der Waals surface area contributed by atoms with Crippen molar-refractivity contribution in [3.05, 3.63) is 12.7 Å². The van der Waals surface area contributed by atoms with Crippen LogP contribution in [0.2, 0.25) is 12.1 Å². The van der Waals surface area contributed by atoms with E-state index in [4.69, 9.17) is 13.6 Å². The highest BCUT2D eigenvalue weighted by Crippen LogP contribution is 2.23. The fourth-order valence-electron chi connectivity index (χ4n) is 2.48. The van der Waals surface area contributed by atoms with Gasteiger partial charge in [-0.2, -0.15) is 0 Å². The van der Waals surface area contributed by atoms with Crippen LogP contribution in [-0.2, 0) is 18.4 Å². The zero-order chi connectivity index (χ0) is 16.1. The Morgan fingerprint density at radius 3 is 2.29 bits per heavy atom. The van der Waals surface area contributed by atoms with Crippen LogP contribution in [0.4, 0.5) is 0 Å². The quantitative estimate of drug-likeness (QED) is 0.221. The fraction of sp³-hybridized carbons (Fsp3) is 0.812. The molecule has 0 rings (SSSR count). The summed E-state index contributed by atoms with van der Waals surface area (Å²) in [7, 11) is 1.62. The third-order valence-corrected chi connectivity index (χ3v) is 7.64. The molecule has 5 heteroatoms. The number of ether oxygens (including phenoxy) is 1. The summed E-state index contributed by atoms with van der Waals surface area (Å²) in [5, 5.41) is 0. The molecule has 0 aromatic rings. The molecular weight excluding hydrogens is 284 g/mol. The first-order valence-electron chi connectivity index (χ1n) is 7.97. The Morgan fingerprint density at radius 1 is 1.14 bits per heavy atom. The number of rotatable bonds is 13. The van der Waals surface area contributed by atoms with Gasteiger partial charge in [0.2, 0.25) is 0 Å². The van der Waals surface area contributed by atoms with E-state index in [1.54, 1.807) is 14.2 Å². The van der Waals surface area contributed by atoms with E-state index in [2.05, 4.69) is 13.5 Å². The third kappa shape index (κ3) is 9.06. The molecule has 0 fully saturated rings. The van der Waals surface area contributed by atoms with Crippen molar-refractivity contribution in [3.8, 4) is 0 Å². The molecular formula is C16H32O4Si. The molecule has 0 aromatic heterocycles. The van der Waals surface area contributed by atoms with Gasteiger partial charge in [0.05, 0.1) is 6.10 Å². The Morgan fingerprint density at radius 2 is 1.76 bits per heavy atom. The van der Waals surface area contributed by atoms with E-state index < -0.39 is 8.56 Å². The van der Waals surface area contributed by atoms with Crippen LogP contribution >= 0.6 is 0 Å². The van der Waals surface area contributed by atoms with Crippen molar-refractivity contribution in [2.45, 2.75) is 70.6 Å². The maximum atomic E-state index is 11.0. The lowest BCUT2D eigenvalue weighted by atomic mass is 10.1. The van der Waals surface area contributed by atoms with Crippen LogP contribution in [0.5, 0.6) is 0 Å². The maximum absolute atomic E-state index is 11.0. The van der Waals surface area contributed by atoms with Crippen LogP contribution in [0.25, 0.3) is 0 Å². The molecule has 0 saturated carbocycles. The monoisotopic (exact) mass is 316 g/mol. The van der Waals surface area contributed by atoms with E-state index in [1.807, 2.05) is 6.92 Å². The zero-order valence-electron chi connectivity index (χ0n) is 14.2. The average Bonchev–Trinajstić information content (AvgIpc) is 2.49. The molecule has 0 amide bonds. The average molecular weight is 317 g/mol. The van der Waals surface area contributed by atoms with E-state index >= 15 is 0 Å². The van der Waals surface area contributed by atoms with Gasteiger partial charge in [-0.1, -0.05) is 39.2 Å². The van der Waals surface area contributed by atoms with Crippen LogP contribution in [0.3, 0.4) is 0 Å². The Hall–Kier alpha value is -0.653. The smallest absolute Gasteiger partial charge is 0.337 e. The van der Waals surface area contributed by atoms with Crippen molar-refractivity contribution in [2.75, 3.05) is 14.2 Å². The summed E-state index contributed by atoms with van der Waals surface area (Å²) >= 11 is 0. The van der Waals surface area contributed by atoms with Gasteiger partial charge in [-0.3, -0.25) is 0 Å². The third-order valence-electron chi connectivity index (χ3n) is 3.78. The second-order valence-electron chi connectivity index (χ2n) is 5.47. The molecule has 0 radical (unpaired) electrons. The first-order chi connectivity index (χ1) is 10.0. The molecule has 1 unspecified atom stereocenters. The molecule has 4 nitrogen and oxygen atoms in total. The van der Waals surface area contributed by atoms with Gasteiger partial charge < -0.3 is 13.6 Å². The second-order valence-corrected chi connectivity index (χ2v) is 9.11. The highest BCUT2D eigenvalue weighted by molar-refractivity contribution is 6.67. The Kier molecular flexibility index (Phi) is 11.6. The van der Waals surface area contributed by atoms with E-state index in [1.165, 1.54) is 12.5 Å². The van der Waals surface area contributed by atoms with Gasteiger partial charge in [-0.05, 0) is 31.9 Å². The molecule has 0 aromatic carbocycles. The number of hydrogen-bond acceptors (Lipinski definition) is 4. The molecule has 0 aliphatic carbocycles. The first-order valence-corrected chi connectivity index (χ1v) is 10.2. The lowest BCUT2D eigenvalue weighted by molar-refractivity contribution is -0.142. The molecule has 21 heavy (non-hydrogen) atoms. The predicted molar refractivity (Wildman–Crippen MR) is 88.5 cm³/mol. The minimum absolute atomic E-state index is 0.0259. The summed E-state index contributed by atoms with van der Waals surface area (Å²) in [4.78, 5) is 11.0. The molecule has 0 bridgehead atoms. The topological polar surface area (TPSA) is 44.8 Å². The molecule has 124 valence electrons. The van der Waals surface area contributed by atoms with Crippen LogP contribution in [-0.4, -0.2) is 34.9 Å². The molecule has 0 spiro atoms. The van der Waals surface area contributed by atoms with Crippen molar-refractivity contribution in [1.29, 1.82) is 0 Å². The Balaban J connectivity index is 3.75. The summed E-state index contributed by atoms with van der Waals surface area (Å²) in [5.74, 6) is -0.335. The summed E-state index contributed by atoms with van der Waals surface area (Å²) in [5.41, 5.74) is 0. The summed E-state index contributed by atoms with van der Waals surface area (Å²) in [6.45, 7) is 7.49. The van der Waals surface area contributed by atoms with Crippen LogP contribution in [0, 0.1) is 0 Å². The number of unbranched alkanes of at least 4 members (excludes halogenated alkanes) is 3. The van der Waals surface area contributed by atoms with E-state index in [0.29, 0.717) is 0 Å². The number of esters is 1. The molecule has 0 heterocycles. The van der Waals surface area contributed by atoms with Gasteiger partial charge in [0.25, 0.3) is 0 Å². The van der Waals surface area contributed by atoms with Crippen molar-refractivity contribution < 1.29 is 18.4 Å². The van der Waals surface area contributed by atoms with Gasteiger partial charge >= 0.3 is 14.5 Å². The zero-order valence-corrected chi connectivity index (χ0v) is 15.2. The number of carbonyl (C=O) groups is 1. The van der Waals surface area contributed by atoms with Crippen molar-refractivity contribution >= 4 is 14.5 Å². The summed E-state index contributed by atoms with van der Waals surface area (Å²) in [6, 6.07) is 2.13. The van der Waals surface area contributed by atoms with Crippen molar-refractivity contribution in [3.63, 3.8) is 0 Å². The van der Waals surface area contributed by atoms with Gasteiger partial charge in [0.1, 0.15) is 0 Å². The first kappa shape index (κ1) is 20.3. The number of carbonyl (C=O) groups excluding carboxylic acids is 1. The molecule has 0 aliphatic heterocycles. The Labute approximate surface area is 131 Å². The van der Waals surface area contributed by atoms with E-state index in [0.717, 1.165) is 44.2 Å². The van der Waals surface area contributed by atoms with Crippen molar-refractivity contribution in [2.24, 2.45) is 0 Å². The van der Waals surface area contributed by atoms with Crippen molar-refractivity contribution in [1.82, 2.24) is 0 Å². The fourth-order valence-corrected chi connectivity index (χ4v) is 5.27. The van der Waals surface area contributed by atoms with Gasteiger partial charge in [0, 0.05) is 20.3 Å². The van der Waals surface area contributed by atoms with Crippen LogP contribution in [0.1, 0.15) is 52.4 Å². The minimum Gasteiger partial charge on any atom is -0.460 e. The minimum atomic E-state index is -1.93. The maximum Gasteiger partial charge on any atom is 0.337 e. The molecule has 0 saturated heterocycles. The van der Waals surface area contributed by atoms with Gasteiger partial charge in [0.15, 0.2) is 0 Å². The highest BCUT2D eigenvalue weighted by atomic mass is 28.4. The predicted octanol–water partition coefficient (Wildman–Crippen LogP) is 4.20. The van der Waals surface area contributed by atoms with E-state index in [9.17, 15) is 4.79 Å². The largest absolute Gasteiger partial charge is 0.460 e. The molecule has 0 aliphatic rings. The summed E-state index contributed by atoms with van der Waals surface area (Å²) < 4.78 is 16.5. The highest BCUT2D eigenvalue weighted by Gasteiger charge is 2.33. The van der Waals surface area contributed by atoms with Gasteiger partial charge in [-0.25, -0.2) is 4.79 Å². The molecule has 1 atom stereocenters. The van der Waals surface area contributed by atoms with E-state index in [-0.39, 0.29) is 12.1 Å². The second kappa shape index (κ2) is 11.9. The number of hydrogen-bond donors (Lipinski definition) is 0. The lowest BCUT2D eigenvalue weighted by Crippen LogP contribution is -2.39.